The number of carboxylic acids is 1. The summed E-state index contributed by atoms with van der Waals surface area (Å²) in [6.45, 7) is 29.1. The van der Waals surface area contributed by atoms with Gasteiger partial charge in [0.15, 0.2) is 0 Å². The van der Waals surface area contributed by atoms with Gasteiger partial charge in [-0.1, -0.05) is 131 Å². The molecule has 0 unspecified atom stereocenters. The highest BCUT2D eigenvalue weighted by Gasteiger charge is 2.40. The summed E-state index contributed by atoms with van der Waals surface area (Å²) >= 11 is 0. The Morgan fingerprint density at radius 3 is 1.28 bits per heavy atom. The Labute approximate surface area is 682 Å². The molecule has 0 spiro atoms. The lowest BCUT2D eigenvalue weighted by Crippen LogP contribution is -2.61. The first-order valence-electron chi connectivity index (χ1n) is 39.5. The summed E-state index contributed by atoms with van der Waals surface area (Å²) in [5.74, 6) is -11.8. The van der Waals surface area contributed by atoms with E-state index in [1.54, 1.807) is 114 Å². The standard InChI is InChI=1S/C85H127N13O18/c1-51(2)46-63(94-76(107)64(47-55-37-39-59(40-38-55)115-83(13,14)15)95-77(108)65(49-113-81(7,8)9)96-78(109)66(50-114-82(10,11)12)97-79(110)70(87)52(3)4)75(106)92-60(42-44-69(101)116-84(16,17)18)73(104)88-48-68(100)91-61(74(105)90-53(5)71(102)89-54(6)72(103)93-62(80(111)112)36-28-29-45-86)41-43-67(99)98-85(56-30-22-19-23-31-56,57-32-24-20-25-33-57)58-34-26-21-27-35-58/h19-27,30-35,37-40,51-54,60-66,70H,28-29,36,41-50,86-87H2,1-18H3,(H,88,104)(H,89,102)(H,90,105)(H,91,100)(H,92,106)(H,93,103)(H,94,107)(H,95,108)(H,96,109)(H,97,110)(H,98,99)(H,111,112)/t53-,54-,60-,61-,62-,63-,64-,65-,66-,70-/m0/s1. The van der Waals surface area contributed by atoms with Crippen molar-refractivity contribution in [2.45, 2.75) is 271 Å². The van der Waals surface area contributed by atoms with E-state index in [9.17, 15) is 62.6 Å². The molecule has 116 heavy (non-hydrogen) atoms. The fourth-order valence-corrected chi connectivity index (χ4v) is 11.8. The fraction of sp³-hybridized carbons (Fsp3) is 0.565. The number of rotatable bonds is 45. The average molecular weight is 1620 g/mol. The summed E-state index contributed by atoms with van der Waals surface area (Å²) in [5, 5.41) is 39.0. The molecule has 0 aliphatic carbocycles. The van der Waals surface area contributed by atoms with Crippen LogP contribution in [0, 0.1) is 11.8 Å². The van der Waals surface area contributed by atoms with Gasteiger partial charge in [-0.2, -0.15) is 0 Å². The second kappa shape index (κ2) is 45.8. The highest BCUT2D eigenvalue weighted by Crippen LogP contribution is 2.37. The van der Waals surface area contributed by atoms with Crippen LogP contribution in [-0.2, 0) is 88.5 Å². The number of unbranched alkanes of at least 4 members (excludes halogenated alkanes) is 1. The highest BCUT2D eigenvalue weighted by atomic mass is 16.6. The molecule has 31 nitrogen and oxygen atoms in total. The third kappa shape index (κ3) is 35.0. The Kier molecular flexibility index (Phi) is 38.7. The molecule has 0 aliphatic heterocycles. The van der Waals surface area contributed by atoms with Crippen LogP contribution in [0.5, 0.6) is 5.75 Å². The molecule has 0 heterocycles. The van der Waals surface area contributed by atoms with E-state index in [1.165, 1.54) is 13.8 Å². The lowest BCUT2D eigenvalue weighted by Gasteiger charge is -2.37. The maximum absolute atomic E-state index is 15.2. The van der Waals surface area contributed by atoms with Crippen LogP contribution in [0.3, 0.4) is 0 Å². The molecule has 0 radical (unpaired) electrons. The maximum atomic E-state index is 15.2. The largest absolute Gasteiger partial charge is 0.488 e. The zero-order chi connectivity index (χ0) is 87.1. The minimum Gasteiger partial charge on any atom is -0.488 e. The van der Waals surface area contributed by atoms with Crippen molar-refractivity contribution in [1.82, 2.24) is 58.5 Å². The Balaban J connectivity index is 1.74. The molecule has 4 rings (SSSR count). The number of carboxylic acid groups (broad SMARTS) is 1. The zero-order valence-electron chi connectivity index (χ0n) is 70.6. The molecule has 4 aromatic rings. The summed E-state index contributed by atoms with van der Waals surface area (Å²) < 4.78 is 23.7. The van der Waals surface area contributed by atoms with Crippen LogP contribution in [0.15, 0.2) is 115 Å². The number of esters is 1. The number of ether oxygens (including phenoxy) is 4. The average Bonchev–Trinajstić information content (AvgIpc) is 0.753. The zero-order valence-corrected chi connectivity index (χ0v) is 70.6. The van der Waals surface area contributed by atoms with Gasteiger partial charge < -0.3 is 94.0 Å². The van der Waals surface area contributed by atoms with E-state index in [0.29, 0.717) is 47.4 Å². The van der Waals surface area contributed by atoms with Gasteiger partial charge >= 0.3 is 11.9 Å². The molecule has 10 atom stereocenters. The van der Waals surface area contributed by atoms with Crippen molar-refractivity contribution in [3.63, 3.8) is 0 Å². The molecule has 640 valence electrons. The molecule has 0 saturated heterocycles. The van der Waals surface area contributed by atoms with Gasteiger partial charge in [0.2, 0.25) is 65.0 Å². The molecule has 0 bridgehead atoms. The minimum atomic E-state index is -1.65. The van der Waals surface area contributed by atoms with Crippen LogP contribution in [0.2, 0.25) is 0 Å². The van der Waals surface area contributed by atoms with Crippen LogP contribution < -0.4 is 74.7 Å². The van der Waals surface area contributed by atoms with Gasteiger partial charge in [-0.15, -0.1) is 0 Å². The number of benzene rings is 4. The van der Waals surface area contributed by atoms with Crippen molar-refractivity contribution in [3.05, 3.63) is 138 Å². The summed E-state index contributed by atoms with van der Waals surface area (Å²) in [5.41, 5.74) is 9.78. The Morgan fingerprint density at radius 1 is 0.414 bits per heavy atom. The minimum absolute atomic E-state index is 0.0670. The van der Waals surface area contributed by atoms with Gasteiger partial charge in [-0.3, -0.25) is 57.5 Å². The van der Waals surface area contributed by atoms with Gasteiger partial charge in [-0.25, -0.2) is 4.79 Å². The SMILES string of the molecule is CC(C)C[C@H](NC(=O)[C@H](Cc1ccc(OC(C)(C)C)cc1)NC(=O)[C@H](COC(C)(C)C)NC(=O)[C@H](COC(C)(C)C)NC(=O)[C@@H](N)C(C)C)C(=O)N[C@@H](CCC(=O)OC(C)(C)C)C(=O)NCC(=O)N[C@@H](CCC(=O)NC(c1ccccc1)(c1ccccc1)c1ccccc1)C(=O)N[C@@H](C)C(=O)N[C@@H](C)C(=O)N[C@@H](CCCCN)C(=O)O. The number of aliphatic carboxylic acids is 1. The van der Waals surface area contributed by atoms with Gasteiger partial charge in [0.05, 0.1) is 37.0 Å². The van der Waals surface area contributed by atoms with Gasteiger partial charge in [0.25, 0.3) is 0 Å². The first-order chi connectivity index (χ1) is 54.1. The lowest BCUT2D eigenvalue weighted by molar-refractivity contribution is -0.155. The van der Waals surface area contributed by atoms with Crippen molar-refractivity contribution in [2.24, 2.45) is 23.3 Å². The van der Waals surface area contributed by atoms with E-state index in [0.717, 1.165) is 0 Å². The molecule has 0 saturated carbocycles. The second-order valence-corrected chi connectivity index (χ2v) is 33.7. The second-order valence-electron chi connectivity index (χ2n) is 33.7. The summed E-state index contributed by atoms with van der Waals surface area (Å²) in [7, 11) is 0. The van der Waals surface area contributed by atoms with E-state index in [1.807, 2.05) is 112 Å². The van der Waals surface area contributed by atoms with Crippen molar-refractivity contribution in [1.29, 1.82) is 0 Å². The van der Waals surface area contributed by atoms with Gasteiger partial charge in [-0.05, 0) is 188 Å². The molecule has 0 aliphatic rings. The quantitative estimate of drug-likeness (QED) is 0.0160. The molecule has 16 N–H and O–H groups in total. The van der Waals surface area contributed by atoms with Crippen LogP contribution in [0.4, 0.5) is 0 Å². The predicted molar refractivity (Wildman–Crippen MR) is 438 cm³/mol. The number of hydrogen-bond donors (Lipinski definition) is 14. The van der Waals surface area contributed by atoms with Crippen molar-refractivity contribution in [2.75, 3.05) is 26.3 Å². The monoisotopic (exact) mass is 1620 g/mol. The van der Waals surface area contributed by atoms with E-state index in [-0.39, 0.29) is 37.7 Å². The third-order valence-electron chi connectivity index (χ3n) is 17.9. The van der Waals surface area contributed by atoms with E-state index in [4.69, 9.17) is 30.4 Å². The molecule has 11 amide bonds. The lowest BCUT2D eigenvalue weighted by atomic mass is 9.77. The number of hydrogen-bond acceptors (Lipinski definition) is 19. The Hall–Kier alpha value is -10.4. The molecule has 0 aromatic heterocycles. The predicted octanol–water partition coefficient (Wildman–Crippen LogP) is 4.81. The Bertz CT molecular complexity index is 3800. The van der Waals surface area contributed by atoms with Crippen molar-refractivity contribution < 1.29 is 86.4 Å². The van der Waals surface area contributed by atoms with Gasteiger partial charge in [0.1, 0.15) is 76.9 Å². The van der Waals surface area contributed by atoms with Gasteiger partial charge in [0, 0.05) is 19.3 Å². The van der Waals surface area contributed by atoms with Crippen LogP contribution >= 0.6 is 0 Å². The maximum Gasteiger partial charge on any atom is 0.326 e. The van der Waals surface area contributed by atoms with E-state index < -0.39 is 204 Å². The number of carbonyl (C=O) groups excluding carboxylic acids is 12. The van der Waals surface area contributed by atoms with E-state index in [2.05, 4.69) is 58.5 Å². The first-order valence-corrected chi connectivity index (χ1v) is 39.5. The van der Waals surface area contributed by atoms with Crippen molar-refractivity contribution >= 4 is 76.9 Å². The molecule has 31 heteroatoms. The summed E-state index contributed by atoms with van der Waals surface area (Å²) in [6.07, 6.45) is -1.08. The van der Waals surface area contributed by atoms with Crippen LogP contribution in [0.1, 0.15) is 198 Å². The Morgan fingerprint density at radius 2 is 0.828 bits per heavy atom. The highest BCUT2D eigenvalue weighted by molar-refractivity contribution is 5.99. The molecular formula is C85H127N13O18. The molecule has 4 aromatic carbocycles. The molecular weight excluding hydrogens is 1490 g/mol. The fourth-order valence-electron chi connectivity index (χ4n) is 11.8. The number of nitrogens with two attached hydrogens (primary N) is 2. The topological polar surface area (TPSA) is 463 Å². The number of amides is 11. The number of nitrogens with one attached hydrogen (secondary N) is 11. The molecule has 0 fully saturated rings. The van der Waals surface area contributed by atoms with Crippen LogP contribution in [-0.4, -0.2) is 191 Å². The summed E-state index contributed by atoms with van der Waals surface area (Å²) in [4.78, 5) is 184. The summed E-state index contributed by atoms with van der Waals surface area (Å²) in [6, 6.07) is 20.0. The number of carbonyl (C=O) groups is 13. The smallest absolute Gasteiger partial charge is 0.326 e. The third-order valence-corrected chi connectivity index (χ3v) is 17.9. The van der Waals surface area contributed by atoms with Crippen LogP contribution in [0.25, 0.3) is 0 Å². The first kappa shape index (κ1) is 98.0. The normalized spacial score (nSPS) is 14.5. The van der Waals surface area contributed by atoms with Crippen molar-refractivity contribution in [3.8, 4) is 5.75 Å². The van der Waals surface area contributed by atoms with E-state index >= 15 is 4.79 Å².